The van der Waals surface area contributed by atoms with Crippen LogP contribution < -0.4 is 4.74 Å². The first-order valence-electron chi connectivity index (χ1n) is 11.7. The molecule has 0 N–H and O–H groups in total. The highest BCUT2D eigenvalue weighted by Gasteiger charge is 2.30. The molecule has 5 nitrogen and oxygen atoms in total. The summed E-state index contributed by atoms with van der Waals surface area (Å²) in [6.07, 6.45) is 1.93. The van der Waals surface area contributed by atoms with Gasteiger partial charge in [-0.3, -0.25) is 14.6 Å². The third-order valence-corrected chi connectivity index (χ3v) is 6.49. The lowest BCUT2D eigenvalue weighted by Gasteiger charge is -2.38. The van der Waals surface area contributed by atoms with Gasteiger partial charge in [0.05, 0.1) is 6.61 Å². The maximum atomic E-state index is 13.1. The van der Waals surface area contributed by atoms with Crippen molar-refractivity contribution < 1.29 is 9.53 Å². The second kappa shape index (κ2) is 10.8. The minimum absolute atomic E-state index is 0.187. The van der Waals surface area contributed by atoms with Gasteiger partial charge in [-0.1, -0.05) is 42.5 Å². The number of hydrogen-bond donors (Lipinski definition) is 0. The van der Waals surface area contributed by atoms with E-state index in [-0.39, 0.29) is 5.92 Å². The van der Waals surface area contributed by atoms with Crippen molar-refractivity contribution in [2.75, 3.05) is 45.9 Å². The molecule has 2 heterocycles. The van der Waals surface area contributed by atoms with E-state index in [0.29, 0.717) is 12.5 Å². The molecule has 2 aliphatic heterocycles. The molecule has 0 radical (unpaired) electrons. The molecule has 2 saturated heterocycles. The van der Waals surface area contributed by atoms with Crippen molar-refractivity contribution in [1.82, 2.24) is 14.7 Å². The molecular formula is C26H35N3O2. The molecule has 0 unspecified atom stereocenters. The van der Waals surface area contributed by atoms with E-state index in [4.69, 9.17) is 4.74 Å². The van der Waals surface area contributed by atoms with E-state index in [2.05, 4.69) is 63.2 Å². The standard InChI is InChI=1S/C26H35N3O2/c1-2-31-25-10-6-9-23(19-25)21-27-13-11-24(12-14-27)26(30)29-17-15-28(16-18-29)20-22-7-4-3-5-8-22/h3-10,19,24H,2,11-18,20-21H2,1H3. The Hall–Kier alpha value is -2.37. The molecule has 1 amide bonds. The third-order valence-electron chi connectivity index (χ3n) is 6.49. The number of carbonyl (C=O) groups excluding carboxylic acids is 1. The van der Waals surface area contributed by atoms with E-state index >= 15 is 0 Å². The Morgan fingerprint density at radius 1 is 0.839 bits per heavy atom. The molecule has 0 aromatic heterocycles. The van der Waals surface area contributed by atoms with E-state index in [0.717, 1.165) is 70.9 Å². The molecule has 166 valence electrons. The minimum Gasteiger partial charge on any atom is -0.494 e. The van der Waals surface area contributed by atoms with Gasteiger partial charge in [0, 0.05) is 45.2 Å². The van der Waals surface area contributed by atoms with Crippen LogP contribution in [0.1, 0.15) is 30.9 Å². The zero-order chi connectivity index (χ0) is 21.5. The molecule has 0 spiro atoms. The molecular weight excluding hydrogens is 386 g/mol. The highest BCUT2D eigenvalue weighted by molar-refractivity contribution is 5.79. The lowest BCUT2D eigenvalue weighted by molar-refractivity contribution is -0.139. The largest absolute Gasteiger partial charge is 0.494 e. The third kappa shape index (κ3) is 6.08. The number of likely N-dealkylation sites (tertiary alicyclic amines) is 1. The summed E-state index contributed by atoms with van der Waals surface area (Å²) < 4.78 is 5.62. The number of ether oxygens (including phenoxy) is 1. The number of hydrogen-bond acceptors (Lipinski definition) is 4. The van der Waals surface area contributed by atoms with Gasteiger partial charge in [-0.25, -0.2) is 0 Å². The molecule has 2 aliphatic rings. The van der Waals surface area contributed by atoms with Crippen LogP contribution in [0.4, 0.5) is 0 Å². The van der Waals surface area contributed by atoms with E-state index in [9.17, 15) is 4.79 Å². The number of benzene rings is 2. The molecule has 2 aromatic rings. The fourth-order valence-corrected chi connectivity index (χ4v) is 4.72. The second-order valence-corrected chi connectivity index (χ2v) is 8.72. The average molecular weight is 422 g/mol. The van der Waals surface area contributed by atoms with Crippen LogP contribution in [-0.2, 0) is 17.9 Å². The van der Waals surface area contributed by atoms with Crippen LogP contribution >= 0.6 is 0 Å². The van der Waals surface area contributed by atoms with Crippen LogP contribution in [0.2, 0.25) is 0 Å². The molecule has 0 bridgehead atoms. The normalized spacial score (nSPS) is 18.8. The van der Waals surface area contributed by atoms with Crippen LogP contribution in [0.15, 0.2) is 54.6 Å². The number of carbonyl (C=O) groups is 1. The Balaban J connectivity index is 1.20. The fraction of sp³-hybridized carbons (Fsp3) is 0.500. The van der Waals surface area contributed by atoms with E-state index in [1.54, 1.807) is 0 Å². The molecule has 0 aliphatic carbocycles. The molecule has 0 saturated carbocycles. The van der Waals surface area contributed by atoms with Crippen molar-refractivity contribution in [3.05, 3.63) is 65.7 Å². The summed E-state index contributed by atoms with van der Waals surface area (Å²) in [4.78, 5) is 20.1. The maximum absolute atomic E-state index is 13.1. The Kier molecular flexibility index (Phi) is 7.60. The van der Waals surface area contributed by atoms with Gasteiger partial charge in [-0.15, -0.1) is 0 Å². The molecule has 4 rings (SSSR count). The highest BCUT2D eigenvalue weighted by Crippen LogP contribution is 2.23. The van der Waals surface area contributed by atoms with E-state index in [1.807, 2.05) is 13.0 Å². The van der Waals surface area contributed by atoms with Crippen molar-refractivity contribution in [2.24, 2.45) is 5.92 Å². The topological polar surface area (TPSA) is 36.0 Å². The van der Waals surface area contributed by atoms with Crippen LogP contribution in [0, 0.1) is 5.92 Å². The van der Waals surface area contributed by atoms with Gasteiger partial charge in [0.1, 0.15) is 5.75 Å². The summed E-state index contributed by atoms with van der Waals surface area (Å²) in [5, 5.41) is 0. The Morgan fingerprint density at radius 3 is 2.19 bits per heavy atom. The molecule has 31 heavy (non-hydrogen) atoms. The lowest BCUT2D eigenvalue weighted by Crippen LogP contribution is -2.51. The highest BCUT2D eigenvalue weighted by atomic mass is 16.5. The Labute approximate surface area is 186 Å². The van der Waals surface area contributed by atoms with Crippen LogP contribution in [0.5, 0.6) is 5.75 Å². The van der Waals surface area contributed by atoms with Crippen LogP contribution in [-0.4, -0.2) is 66.5 Å². The van der Waals surface area contributed by atoms with Crippen LogP contribution in [0.3, 0.4) is 0 Å². The predicted molar refractivity (Wildman–Crippen MR) is 124 cm³/mol. The van der Waals surface area contributed by atoms with Crippen molar-refractivity contribution in [3.63, 3.8) is 0 Å². The summed E-state index contributed by atoms with van der Waals surface area (Å²) in [7, 11) is 0. The average Bonchev–Trinajstić information content (AvgIpc) is 2.81. The number of amides is 1. The zero-order valence-electron chi connectivity index (χ0n) is 18.7. The van der Waals surface area contributed by atoms with E-state index in [1.165, 1.54) is 11.1 Å². The smallest absolute Gasteiger partial charge is 0.225 e. The minimum atomic E-state index is 0.187. The first-order chi connectivity index (χ1) is 15.2. The SMILES string of the molecule is CCOc1cccc(CN2CCC(C(=O)N3CCN(Cc4ccccc4)CC3)CC2)c1. The number of nitrogens with zero attached hydrogens (tertiary/aromatic N) is 3. The zero-order valence-corrected chi connectivity index (χ0v) is 18.7. The molecule has 2 fully saturated rings. The monoisotopic (exact) mass is 421 g/mol. The van der Waals surface area contributed by atoms with Crippen LogP contribution in [0.25, 0.3) is 0 Å². The van der Waals surface area contributed by atoms with Gasteiger partial charge in [0.15, 0.2) is 0 Å². The first kappa shape index (κ1) is 21.8. The van der Waals surface area contributed by atoms with Crippen molar-refractivity contribution in [2.45, 2.75) is 32.9 Å². The molecule has 5 heteroatoms. The number of rotatable bonds is 7. The van der Waals surface area contributed by atoms with Crippen molar-refractivity contribution >= 4 is 5.91 Å². The van der Waals surface area contributed by atoms with Gasteiger partial charge >= 0.3 is 0 Å². The van der Waals surface area contributed by atoms with E-state index < -0.39 is 0 Å². The van der Waals surface area contributed by atoms with Gasteiger partial charge in [0.25, 0.3) is 0 Å². The van der Waals surface area contributed by atoms with Gasteiger partial charge < -0.3 is 9.64 Å². The quantitative estimate of drug-likeness (QED) is 0.684. The van der Waals surface area contributed by atoms with Gasteiger partial charge in [0.2, 0.25) is 5.91 Å². The molecule has 2 aromatic carbocycles. The summed E-state index contributed by atoms with van der Waals surface area (Å²) in [6, 6.07) is 19.0. The number of piperidine rings is 1. The maximum Gasteiger partial charge on any atom is 0.225 e. The summed E-state index contributed by atoms with van der Waals surface area (Å²) in [6.45, 7) is 10.2. The second-order valence-electron chi connectivity index (χ2n) is 8.72. The summed E-state index contributed by atoms with van der Waals surface area (Å²) in [5.74, 6) is 1.50. The van der Waals surface area contributed by atoms with Crippen molar-refractivity contribution in [3.8, 4) is 5.75 Å². The molecule has 0 atom stereocenters. The fourth-order valence-electron chi connectivity index (χ4n) is 4.72. The predicted octanol–water partition coefficient (Wildman–Crippen LogP) is 3.64. The summed E-state index contributed by atoms with van der Waals surface area (Å²) in [5.41, 5.74) is 2.63. The van der Waals surface area contributed by atoms with Gasteiger partial charge in [-0.2, -0.15) is 0 Å². The van der Waals surface area contributed by atoms with Crippen molar-refractivity contribution in [1.29, 1.82) is 0 Å². The van der Waals surface area contributed by atoms with Gasteiger partial charge in [-0.05, 0) is 56.1 Å². The summed E-state index contributed by atoms with van der Waals surface area (Å²) >= 11 is 0. The Bertz CT molecular complexity index is 826. The Morgan fingerprint density at radius 2 is 1.48 bits per heavy atom. The lowest BCUT2D eigenvalue weighted by atomic mass is 9.94. The number of piperazine rings is 1. The first-order valence-corrected chi connectivity index (χ1v) is 11.7.